The summed E-state index contributed by atoms with van der Waals surface area (Å²) >= 11 is 5.90. The Labute approximate surface area is 86.9 Å². The van der Waals surface area contributed by atoms with Gasteiger partial charge in [-0.05, 0) is 18.2 Å². The molecule has 0 saturated heterocycles. The fraction of sp³-hybridized carbons (Fsp3) is 0.300. The molecule has 3 nitrogen and oxygen atoms in total. The summed E-state index contributed by atoms with van der Waals surface area (Å²) in [4.78, 5) is 0. The molecule has 0 atom stereocenters. The molecular weight excluding hydrogens is 200 g/mol. The highest BCUT2D eigenvalue weighted by atomic mass is 35.5. The Bertz CT molecular complexity index is 464. The first-order chi connectivity index (χ1) is 6.72. The van der Waals surface area contributed by atoms with E-state index in [9.17, 15) is 0 Å². The van der Waals surface area contributed by atoms with Gasteiger partial charge in [-0.25, -0.2) is 0 Å². The van der Waals surface area contributed by atoms with Crippen molar-refractivity contribution in [3.8, 4) is 0 Å². The number of aromatic nitrogens is 2. The lowest BCUT2D eigenvalue weighted by atomic mass is 10.2. The van der Waals surface area contributed by atoms with Gasteiger partial charge in [-0.1, -0.05) is 11.6 Å². The molecule has 0 bridgehead atoms. The molecule has 1 N–H and O–H groups in total. The second-order valence-electron chi connectivity index (χ2n) is 3.21. The van der Waals surface area contributed by atoms with Crippen molar-refractivity contribution < 1.29 is 5.11 Å². The number of hydrogen-bond donors (Lipinski definition) is 1. The second-order valence-corrected chi connectivity index (χ2v) is 3.64. The summed E-state index contributed by atoms with van der Waals surface area (Å²) in [6.45, 7) is 0.126. The Balaban J connectivity index is 2.66. The zero-order chi connectivity index (χ0) is 10.1. The number of rotatable bonds is 2. The fourth-order valence-electron chi connectivity index (χ4n) is 1.63. The summed E-state index contributed by atoms with van der Waals surface area (Å²) < 4.78 is 1.79. The largest absolute Gasteiger partial charge is 0.396 e. The molecule has 0 aliphatic carbocycles. The van der Waals surface area contributed by atoms with Gasteiger partial charge >= 0.3 is 0 Å². The third kappa shape index (κ3) is 1.49. The second kappa shape index (κ2) is 3.59. The van der Waals surface area contributed by atoms with Crippen molar-refractivity contribution in [1.82, 2.24) is 9.78 Å². The first-order valence-corrected chi connectivity index (χ1v) is 4.82. The van der Waals surface area contributed by atoms with Crippen LogP contribution >= 0.6 is 11.6 Å². The van der Waals surface area contributed by atoms with E-state index in [1.54, 1.807) is 4.68 Å². The number of fused-ring (bicyclic) bond motifs is 1. The van der Waals surface area contributed by atoms with Gasteiger partial charge in [0.05, 0.1) is 5.52 Å². The Morgan fingerprint density at radius 1 is 1.50 bits per heavy atom. The van der Waals surface area contributed by atoms with Gasteiger partial charge in [0.15, 0.2) is 0 Å². The lowest BCUT2D eigenvalue weighted by Gasteiger charge is -1.98. The maximum Gasteiger partial charge on any atom is 0.0927 e. The van der Waals surface area contributed by atoms with Crippen LogP contribution in [0, 0.1) is 0 Å². The van der Waals surface area contributed by atoms with Gasteiger partial charge in [-0.15, -0.1) is 0 Å². The van der Waals surface area contributed by atoms with Crippen molar-refractivity contribution in [2.24, 2.45) is 7.05 Å². The molecule has 0 aliphatic rings. The zero-order valence-electron chi connectivity index (χ0n) is 7.87. The van der Waals surface area contributed by atoms with E-state index in [2.05, 4.69) is 5.10 Å². The maximum atomic E-state index is 8.92. The molecule has 0 saturated carbocycles. The van der Waals surface area contributed by atoms with E-state index in [0.29, 0.717) is 11.4 Å². The van der Waals surface area contributed by atoms with Crippen molar-refractivity contribution in [3.63, 3.8) is 0 Å². The number of nitrogens with zero attached hydrogens (tertiary/aromatic N) is 2. The average Bonchev–Trinajstić information content (AvgIpc) is 2.45. The molecule has 0 spiro atoms. The minimum atomic E-state index is 0.126. The highest BCUT2D eigenvalue weighted by Gasteiger charge is 2.08. The van der Waals surface area contributed by atoms with Crippen LogP contribution < -0.4 is 0 Å². The van der Waals surface area contributed by atoms with E-state index >= 15 is 0 Å². The van der Waals surface area contributed by atoms with Crippen LogP contribution in [0.5, 0.6) is 0 Å². The molecule has 1 aromatic heterocycles. The van der Waals surface area contributed by atoms with Crippen molar-refractivity contribution in [3.05, 3.63) is 28.9 Å². The van der Waals surface area contributed by atoms with Crippen LogP contribution in [-0.2, 0) is 13.5 Å². The molecule has 2 aromatic rings. The lowest BCUT2D eigenvalue weighted by molar-refractivity contribution is 0.296. The van der Waals surface area contributed by atoms with Crippen molar-refractivity contribution in [2.45, 2.75) is 6.42 Å². The molecule has 14 heavy (non-hydrogen) atoms. The highest BCUT2D eigenvalue weighted by Crippen LogP contribution is 2.22. The van der Waals surface area contributed by atoms with E-state index in [1.807, 2.05) is 25.2 Å². The zero-order valence-corrected chi connectivity index (χ0v) is 8.62. The summed E-state index contributed by atoms with van der Waals surface area (Å²) in [6, 6.07) is 5.59. The number of benzene rings is 1. The topological polar surface area (TPSA) is 38.0 Å². The van der Waals surface area contributed by atoms with Gasteiger partial charge in [0.25, 0.3) is 0 Å². The van der Waals surface area contributed by atoms with Gasteiger partial charge in [-0.3, -0.25) is 4.68 Å². The molecule has 0 radical (unpaired) electrons. The first-order valence-electron chi connectivity index (χ1n) is 4.44. The summed E-state index contributed by atoms with van der Waals surface area (Å²) in [6.07, 6.45) is 0.605. The van der Waals surface area contributed by atoms with Gasteiger partial charge in [0.1, 0.15) is 0 Å². The summed E-state index contributed by atoms with van der Waals surface area (Å²) in [5.41, 5.74) is 1.94. The molecule has 0 aliphatic heterocycles. The predicted octanol–water partition coefficient (Wildman–Crippen LogP) is 1.76. The van der Waals surface area contributed by atoms with Crippen molar-refractivity contribution >= 4 is 22.5 Å². The number of aliphatic hydroxyl groups is 1. The van der Waals surface area contributed by atoms with Gasteiger partial charge in [-0.2, -0.15) is 5.10 Å². The standard InChI is InChI=1S/C10H11ClN2O/c1-13-10(4-5-14)8-6-7(11)2-3-9(8)12-13/h2-3,6,14H,4-5H2,1H3. The van der Waals surface area contributed by atoms with E-state index in [1.165, 1.54) is 0 Å². The maximum absolute atomic E-state index is 8.92. The average molecular weight is 211 g/mol. The summed E-state index contributed by atoms with van der Waals surface area (Å²) in [7, 11) is 1.87. The third-order valence-electron chi connectivity index (χ3n) is 2.27. The minimum Gasteiger partial charge on any atom is -0.396 e. The molecule has 1 aromatic carbocycles. The summed E-state index contributed by atoms with van der Waals surface area (Å²) in [5, 5.41) is 15.0. The minimum absolute atomic E-state index is 0.126. The number of aryl methyl sites for hydroxylation is 1. The Morgan fingerprint density at radius 3 is 3.00 bits per heavy atom. The number of halogens is 1. The van der Waals surface area contributed by atoms with E-state index < -0.39 is 0 Å². The predicted molar refractivity (Wildman–Crippen MR) is 56.5 cm³/mol. The molecule has 2 rings (SSSR count). The smallest absolute Gasteiger partial charge is 0.0927 e. The monoisotopic (exact) mass is 210 g/mol. The van der Waals surface area contributed by atoms with Crippen LogP contribution in [0.15, 0.2) is 18.2 Å². The Morgan fingerprint density at radius 2 is 2.29 bits per heavy atom. The van der Waals surface area contributed by atoms with Crippen LogP contribution in [0.25, 0.3) is 10.9 Å². The van der Waals surface area contributed by atoms with Crippen LogP contribution in [0.1, 0.15) is 5.69 Å². The molecule has 74 valence electrons. The van der Waals surface area contributed by atoms with Crippen LogP contribution in [0.2, 0.25) is 5.02 Å². The van der Waals surface area contributed by atoms with Crippen LogP contribution in [-0.4, -0.2) is 21.5 Å². The fourth-order valence-corrected chi connectivity index (χ4v) is 1.80. The van der Waals surface area contributed by atoms with Crippen LogP contribution in [0.3, 0.4) is 0 Å². The van der Waals surface area contributed by atoms with Gasteiger partial charge in [0.2, 0.25) is 0 Å². The number of aliphatic hydroxyl groups excluding tert-OH is 1. The van der Waals surface area contributed by atoms with Gasteiger partial charge in [0, 0.05) is 36.2 Å². The molecule has 1 heterocycles. The van der Waals surface area contributed by atoms with Crippen molar-refractivity contribution in [2.75, 3.05) is 6.61 Å². The molecule has 0 fully saturated rings. The van der Waals surface area contributed by atoms with E-state index in [-0.39, 0.29) is 6.61 Å². The third-order valence-corrected chi connectivity index (χ3v) is 2.50. The lowest BCUT2D eigenvalue weighted by Crippen LogP contribution is -2.00. The molecular formula is C10H11ClN2O. The van der Waals surface area contributed by atoms with Crippen molar-refractivity contribution in [1.29, 1.82) is 0 Å². The molecule has 4 heteroatoms. The van der Waals surface area contributed by atoms with Gasteiger partial charge < -0.3 is 5.11 Å². The van der Waals surface area contributed by atoms with E-state index in [0.717, 1.165) is 16.6 Å². The van der Waals surface area contributed by atoms with E-state index in [4.69, 9.17) is 16.7 Å². The first kappa shape index (κ1) is 9.49. The highest BCUT2D eigenvalue weighted by molar-refractivity contribution is 6.31. The quantitative estimate of drug-likeness (QED) is 0.821. The molecule has 0 unspecified atom stereocenters. The molecule has 0 amide bonds. The van der Waals surface area contributed by atoms with Crippen LogP contribution in [0.4, 0.5) is 0 Å². The number of hydrogen-bond acceptors (Lipinski definition) is 2. The Hall–Kier alpha value is -1.06. The Kier molecular flexibility index (Phi) is 2.44. The normalized spacial score (nSPS) is 11.1. The summed E-state index contributed by atoms with van der Waals surface area (Å²) in [5.74, 6) is 0. The SMILES string of the molecule is Cn1nc2ccc(Cl)cc2c1CCO.